The van der Waals surface area contributed by atoms with Gasteiger partial charge in [-0.25, -0.2) is 0 Å². The molecule has 0 saturated carbocycles. The third-order valence-electron chi connectivity index (χ3n) is 3.08. The zero-order valence-corrected chi connectivity index (χ0v) is 10.8. The molecule has 7 heteroatoms. The first-order valence-corrected chi connectivity index (χ1v) is 6.28. The Kier molecular flexibility index (Phi) is 4.01. The second kappa shape index (κ2) is 5.54. The van der Waals surface area contributed by atoms with Crippen LogP contribution in [0.1, 0.15) is 23.2 Å². The predicted molar refractivity (Wildman–Crippen MR) is 69.3 cm³/mol. The SMILES string of the molecule is O=C(c1ccc([N+](=O)[O-])cc1Cl)N1CCC[C@H](O)C1. The lowest BCUT2D eigenvalue weighted by molar-refractivity contribution is -0.384. The smallest absolute Gasteiger partial charge is 0.270 e. The average molecular weight is 285 g/mol. The Hall–Kier alpha value is -1.66. The van der Waals surface area contributed by atoms with Gasteiger partial charge in [0.1, 0.15) is 0 Å². The number of β-amino-alcohol motifs (C(OH)–C–C–N with tert-alkyl or cyclic N) is 1. The van der Waals surface area contributed by atoms with Crippen LogP contribution in [-0.4, -0.2) is 40.0 Å². The number of aliphatic hydroxyl groups excluding tert-OH is 1. The van der Waals surface area contributed by atoms with Crippen molar-refractivity contribution in [1.29, 1.82) is 0 Å². The van der Waals surface area contributed by atoms with Crippen molar-refractivity contribution in [3.63, 3.8) is 0 Å². The molecule has 1 fully saturated rings. The number of likely N-dealkylation sites (tertiary alicyclic amines) is 1. The fraction of sp³-hybridized carbons (Fsp3) is 0.417. The summed E-state index contributed by atoms with van der Waals surface area (Å²) in [4.78, 5) is 23.8. The number of nitro groups is 1. The van der Waals surface area contributed by atoms with Gasteiger partial charge in [0.15, 0.2) is 0 Å². The molecule has 1 aliphatic rings. The number of aliphatic hydroxyl groups is 1. The van der Waals surface area contributed by atoms with E-state index in [-0.39, 0.29) is 28.7 Å². The molecular formula is C12H13ClN2O4. The molecule has 6 nitrogen and oxygen atoms in total. The summed E-state index contributed by atoms with van der Waals surface area (Å²) in [5.74, 6) is -0.307. The van der Waals surface area contributed by atoms with Gasteiger partial charge in [0.25, 0.3) is 11.6 Å². The molecule has 0 spiro atoms. The van der Waals surface area contributed by atoms with Crippen molar-refractivity contribution >= 4 is 23.2 Å². The topological polar surface area (TPSA) is 83.7 Å². The minimum Gasteiger partial charge on any atom is -0.391 e. The maximum atomic E-state index is 12.2. The van der Waals surface area contributed by atoms with E-state index in [9.17, 15) is 20.0 Å². The van der Waals surface area contributed by atoms with Crippen molar-refractivity contribution in [2.75, 3.05) is 13.1 Å². The monoisotopic (exact) mass is 284 g/mol. The van der Waals surface area contributed by atoms with E-state index >= 15 is 0 Å². The van der Waals surface area contributed by atoms with Crippen LogP contribution in [0.4, 0.5) is 5.69 Å². The highest BCUT2D eigenvalue weighted by Crippen LogP contribution is 2.24. The summed E-state index contributed by atoms with van der Waals surface area (Å²) in [6, 6.07) is 3.76. The molecule has 1 saturated heterocycles. The number of benzene rings is 1. The maximum Gasteiger partial charge on any atom is 0.270 e. The molecule has 2 rings (SSSR count). The first-order chi connectivity index (χ1) is 8.99. The fourth-order valence-corrected chi connectivity index (χ4v) is 2.36. The van der Waals surface area contributed by atoms with E-state index in [4.69, 9.17) is 11.6 Å². The zero-order valence-electron chi connectivity index (χ0n) is 10.1. The molecule has 0 radical (unpaired) electrons. The summed E-state index contributed by atoms with van der Waals surface area (Å²) in [5, 5.41) is 20.2. The Morgan fingerprint density at radius 3 is 2.84 bits per heavy atom. The lowest BCUT2D eigenvalue weighted by Gasteiger charge is -2.30. The highest BCUT2D eigenvalue weighted by molar-refractivity contribution is 6.34. The molecule has 0 aromatic heterocycles. The van der Waals surface area contributed by atoms with Gasteiger partial charge in [-0.15, -0.1) is 0 Å². The van der Waals surface area contributed by atoms with Gasteiger partial charge in [-0.2, -0.15) is 0 Å². The van der Waals surface area contributed by atoms with Crippen molar-refractivity contribution in [2.24, 2.45) is 0 Å². The van der Waals surface area contributed by atoms with E-state index in [1.165, 1.54) is 17.0 Å². The number of nitrogens with zero attached hydrogens (tertiary/aromatic N) is 2. The minimum atomic E-state index is -0.565. The first kappa shape index (κ1) is 13.8. The number of rotatable bonds is 2. The standard InChI is InChI=1S/C12H13ClN2O4/c13-11-6-8(15(18)19)3-4-10(11)12(17)14-5-1-2-9(16)7-14/h3-4,6,9,16H,1-2,5,7H2/t9-/m0/s1. The summed E-state index contributed by atoms with van der Waals surface area (Å²) in [6.45, 7) is 0.829. The highest BCUT2D eigenvalue weighted by Gasteiger charge is 2.25. The summed E-state index contributed by atoms with van der Waals surface area (Å²) in [5.41, 5.74) is 0.0709. The van der Waals surface area contributed by atoms with Crippen LogP contribution in [0.25, 0.3) is 0 Å². The summed E-state index contributed by atoms with van der Waals surface area (Å²) < 4.78 is 0. The number of carbonyl (C=O) groups excluding carboxylic acids is 1. The quantitative estimate of drug-likeness (QED) is 0.663. The van der Waals surface area contributed by atoms with Crippen molar-refractivity contribution in [1.82, 2.24) is 4.90 Å². The van der Waals surface area contributed by atoms with Gasteiger partial charge >= 0.3 is 0 Å². The molecule has 0 unspecified atom stereocenters. The first-order valence-electron chi connectivity index (χ1n) is 5.90. The molecular weight excluding hydrogens is 272 g/mol. The molecule has 0 bridgehead atoms. The fourth-order valence-electron chi connectivity index (χ4n) is 2.10. The molecule has 1 aromatic carbocycles. The number of hydrogen-bond acceptors (Lipinski definition) is 4. The number of halogens is 1. The van der Waals surface area contributed by atoms with Gasteiger partial charge < -0.3 is 10.0 Å². The van der Waals surface area contributed by atoms with E-state index in [2.05, 4.69) is 0 Å². The molecule has 102 valence electrons. The van der Waals surface area contributed by atoms with E-state index in [0.29, 0.717) is 13.0 Å². The number of amides is 1. The molecule has 1 amide bonds. The van der Waals surface area contributed by atoms with Crippen LogP contribution in [0.15, 0.2) is 18.2 Å². The summed E-state index contributed by atoms with van der Waals surface area (Å²) >= 11 is 5.91. The minimum absolute atomic E-state index is 0.0549. The number of piperidine rings is 1. The number of non-ortho nitro benzene ring substituents is 1. The summed E-state index contributed by atoms with van der Waals surface area (Å²) in [6.07, 6.45) is 0.893. The van der Waals surface area contributed by atoms with Gasteiger partial charge in [0, 0.05) is 25.2 Å². The van der Waals surface area contributed by atoms with Gasteiger partial charge in [-0.1, -0.05) is 11.6 Å². The van der Waals surface area contributed by atoms with Crippen molar-refractivity contribution < 1.29 is 14.8 Å². The predicted octanol–water partition coefficient (Wildman–Crippen LogP) is 1.85. The number of hydrogen-bond donors (Lipinski definition) is 1. The Morgan fingerprint density at radius 2 is 2.26 bits per heavy atom. The molecule has 19 heavy (non-hydrogen) atoms. The Labute approximate surface area is 114 Å². The van der Waals surface area contributed by atoms with Crippen molar-refractivity contribution in [3.8, 4) is 0 Å². The Balaban J connectivity index is 2.21. The Morgan fingerprint density at radius 1 is 1.53 bits per heavy atom. The molecule has 1 aromatic rings. The second-order valence-electron chi connectivity index (χ2n) is 4.47. The lowest BCUT2D eigenvalue weighted by atomic mass is 10.1. The maximum absolute atomic E-state index is 12.2. The largest absolute Gasteiger partial charge is 0.391 e. The van der Waals surface area contributed by atoms with E-state index in [1.54, 1.807) is 0 Å². The lowest BCUT2D eigenvalue weighted by Crippen LogP contribution is -2.42. The van der Waals surface area contributed by atoms with Crippen LogP contribution in [0, 0.1) is 10.1 Å². The van der Waals surface area contributed by atoms with Crippen LogP contribution < -0.4 is 0 Å². The summed E-state index contributed by atoms with van der Waals surface area (Å²) in [7, 11) is 0. The molecule has 1 aliphatic heterocycles. The van der Waals surface area contributed by atoms with Crippen LogP contribution in [-0.2, 0) is 0 Å². The molecule has 1 heterocycles. The highest BCUT2D eigenvalue weighted by atomic mass is 35.5. The zero-order chi connectivity index (χ0) is 14.0. The van der Waals surface area contributed by atoms with Crippen LogP contribution in [0.2, 0.25) is 5.02 Å². The van der Waals surface area contributed by atoms with E-state index in [0.717, 1.165) is 12.5 Å². The van der Waals surface area contributed by atoms with Gasteiger partial charge in [-0.3, -0.25) is 14.9 Å². The third-order valence-corrected chi connectivity index (χ3v) is 3.39. The van der Waals surface area contributed by atoms with Crippen molar-refractivity contribution in [2.45, 2.75) is 18.9 Å². The van der Waals surface area contributed by atoms with Crippen LogP contribution >= 0.6 is 11.6 Å². The van der Waals surface area contributed by atoms with E-state index in [1.807, 2.05) is 0 Å². The number of nitro benzene ring substituents is 1. The van der Waals surface area contributed by atoms with Crippen molar-refractivity contribution in [3.05, 3.63) is 38.9 Å². The van der Waals surface area contributed by atoms with E-state index < -0.39 is 11.0 Å². The van der Waals surface area contributed by atoms with Gasteiger partial charge in [0.05, 0.1) is 21.6 Å². The second-order valence-corrected chi connectivity index (χ2v) is 4.88. The normalized spacial score (nSPS) is 19.3. The Bertz CT molecular complexity index is 520. The molecule has 1 N–H and O–H groups in total. The number of carbonyl (C=O) groups is 1. The van der Waals surface area contributed by atoms with Gasteiger partial charge in [0.2, 0.25) is 0 Å². The molecule has 1 atom stereocenters. The third kappa shape index (κ3) is 3.02. The average Bonchev–Trinajstić information content (AvgIpc) is 2.37. The van der Waals surface area contributed by atoms with Crippen LogP contribution in [0.3, 0.4) is 0 Å². The van der Waals surface area contributed by atoms with Gasteiger partial charge in [-0.05, 0) is 18.9 Å². The molecule has 0 aliphatic carbocycles. The van der Waals surface area contributed by atoms with Crippen LogP contribution in [0.5, 0.6) is 0 Å².